The van der Waals surface area contributed by atoms with Crippen LogP contribution in [0.15, 0.2) is 0 Å². The molecule has 110 valence electrons. The topological polar surface area (TPSA) is 91.5 Å². The molecule has 4 N–H and O–H groups in total. The van der Waals surface area contributed by atoms with Crippen LogP contribution in [-0.2, 0) is 0 Å². The number of β-amino-alcohol motifs (C(OH)–C–C–N with tert-alkyl or cyclic N) is 1. The maximum Gasteiger partial charge on any atom is 0.258 e. The summed E-state index contributed by atoms with van der Waals surface area (Å²) < 4.78 is 4.12. The molecule has 0 aromatic carbocycles. The fourth-order valence-corrected chi connectivity index (χ4v) is 3.29. The van der Waals surface area contributed by atoms with Crippen molar-refractivity contribution < 1.29 is 9.90 Å². The van der Waals surface area contributed by atoms with E-state index in [1.807, 2.05) is 11.8 Å². The van der Waals surface area contributed by atoms with Gasteiger partial charge in [-0.05, 0) is 36.7 Å². The minimum Gasteiger partial charge on any atom is -0.391 e. The summed E-state index contributed by atoms with van der Waals surface area (Å²) in [5.74, 6) is 0.443. The number of piperidine rings is 1. The molecule has 1 saturated carbocycles. The number of aliphatic hydroxyl groups excluding tert-OH is 1. The van der Waals surface area contributed by atoms with E-state index in [-0.39, 0.29) is 17.8 Å². The number of aliphatic hydroxyl groups is 1. The van der Waals surface area contributed by atoms with Gasteiger partial charge in [-0.3, -0.25) is 4.79 Å². The Balaban J connectivity index is 1.80. The van der Waals surface area contributed by atoms with E-state index in [0.29, 0.717) is 24.1 Å². The van der Waals surface area contributed by atoms with Crippen LogP contribution < -0.4 is 16.0 Å². The van der Waals surface area contributed by atoms with Gasteiger partial charge in [0, 0.05) is 19.1 Å². The Morgan fingerprint density at radius 1 is 1.50 bits per heavy atom. The van der Waals surface area contributed by atoms with Crippen LogP contribution in [0.3, 0.4) is 0 Å². The number of nitrogens with one attached hydrogen (secondary N) is 1. The Hall–Kier alpha value is -1.34. The average Bonchev–Trinajstić information content (AvgIpc) is 3.13. The Bertz CT molecular complexity index is 514. The van der Waals surface area contributed by atoms with Gasteiger partial charge in [0.1, 0.15) is 10.6 Å². The summed E-state index contributed by atoms with van der Waals surface area (Å²) in [7, 11) is 0. The Morgan fingerprint density at radius 2 is 2.25 bits per heavy atom. The fourth-order valence-electron chi connectivity index (χ4n) is 2.44. The van der Waals surface area contributed by atoms with Crippen LogP contribution in [0.5, 0.6) is 0 Å². The summed E-state index contributed by atoms with van der Waals surface area (Å²) >= 11 is 1.24. The van der Waals surface area contributed by atoms with Crippen LogP contribution in [0.4, 0.5) is 10.8 Å². The Labute approximate surface area is 122 Å². The van der Waals surface area contributed by atoms with Gasteiger partial charge in [-0.15, -0.1) is 0 Å². The predicted octanol–water partition coefficient (Wildman–Crippen LogP) is 0.825. The van der Waals surface area contributed by atoms with Crippen molar-refractivity contribution in [1.82, 2.24) is 9.69 Å². The second-order valence-corrected chi connectivity index (χ2v) is 6.53. The third kappa shape index (κ3) is 2.60. The van der Waals surface area contributed by atoms with Crippen LogP contribution in [0.25, 0.3) is 0 Å². The van der Waals surface area contributed by atoms with Crippen molar-refractivity contribution in [3.63, 3.8) is 0 Å². The van der Waals surface area contributed by atoms with Gasteiger partial charge in [-0.1, -0.05) is 6.92 Å². The molecule has 2 heterocycles. The van der Waals surface area contributed by atoms with Crippen molar-refractivity contribution in [2.75, 3.05) is 23.7 Å². The average molecular weight is 296 g/mol. The summed E-state index contributed by atoms with van der Waals surface area (Å²) in [6.07, 6.45) is 2.62. The van der Waals surface area contributed by atoms with E-state index >= 15 is 0 Å². The molecule has 1 aromatic heterocycles. The molecular formula is C13H20N4O2S. The lowest BCUT2D eigenvalue weighted by Gasteiger charge is -2.35. The fraction of sp³-hybridized carbons (Fsp3) is 0.692. The number of nitrogen functional groups attached to an aromatic ring is 1. The molecule has 1 saturated heterocycles. The van der Waals surface area contributed by atoms with Gasteiger partial charge in [-0.2, -0.15) is 4.37 Å². The van der Waals surface area contributed by atoms with Gasteiger partial charge in [0.15, 0.2) is 5.82 Å². The van der Waals surface area contributed by atoms with Crippen LogP contribution >= 0.6 is 11.5 Å². The van der Waals surface area contributed by atoms with Crippen molar-refractivity contribution in [3.8, 4) is 0 Å². The Kier molecular flexibility index (Phi) is 3.55. The van der Waals surface area contributed by atoms with Crippen LogP contribution in [0.1, 0.15) is 36.5 Å². The number of anilines is 2. The third-order valence-corrected chi connectivity index (χ3v) is 4.97. The first-order valence-electron chi connectivity index (χ1n) is 7.05. The minimum atomic E-state index is -0.369. The smallest absolute Gasteiger partial charge is 0.258 e. The van der Waals surface area contributed by atoms with Crippen molar-refractivity contribution in [1.29, 1.82) is 0 Å². The number of aromatic nitrogens is 1. The van der Waals surface area contributed by atoms with Gasteiger partial charge in [0.2, 0.25) is 0 Å². The molecule has 2 unspecified atom stereocenters. The highest BCUT2D eigenvalue weighted by molar-refractivity contribution is 7.11. The number of nitrogens with two attached hydrogens (primary N) is 1. The quantitative estimate of drug-likeness (QED) is 0.768. The number of hydrogen-bond acceptors (Lipinski definition) is 6. The second kappa shape index (κ2) is 5.21. The van der Waals surface area contributed by atoms with Gasteiger partial charge in [0.25, 0.3) is 5.91 Å². The van der Waals surface area contributed by atoms with E-state index in [1.165, 1.54) is 11.5 Å². The zero-order chi connectivity index (χ0) is 14.3. The molecule has 7 heteroatoms. The van der Waals surface area contributed by atoms with Crippen molar-refractivity contribution in [3.05, 3.63) is 5.56 Å². The summed E-state index contributed by atoms with van der Waals surface area (Å²) in [5, 5.41) is 13.8. The van der Waals surface area contributed by atoms with Crippen molar-refractivity contribution >= 4 is 28.3 Å². The maximum absolute atomic E-state index is 12.3. The highest BCUT2D eigenvalue weighted by Gasteiger charge is 2.32. The standard InChI is InChI=1S/C13H20N4O2S/c1-7-4-5-17(6-9(7)18)13-10(11(14)16-20-13)12(19)15-8-2-3-8/h7-9,18H,2-6H2,1H3,(H2,14,16)(H,15,19). The molecule has 20 heavy (non-hydrogen) atoms. The van der Waals surface area contributed by atoms with Crippen molar-refractivity contribution in [2.45, 2.75) is 38.3 Å². The summed E-state index contributed by atoms with van der Waals surface area (Å²) in [5.41, 5.74) is 6.33. The molecule has 6 nitrogen and oxygen atoms in total. The highest BCUT2D eigenvalue weighted by atomic mass is 32.1. The number of carbonyl (C=O) groups is 1. The number of amides is 1. The summed E-state index contributed by atoms with van der Waals surface area (Å²) in [6.45, 7) is 3.40. The van der Waals surface area contributed by atoms with Gasteiger partial charge >= 0.3 is 0 Å². The van der Waals surface area contributed by atoms with E-state index in [9.17, 15) is 9.90 Å². The lowest BCUT2D eigenvalue weighted by molar-refractivity contribution is 0.0946. The summed E-state index contributed by atoms with van der Waals surface area (Å²) in [6, 6.07) is 0.293. The molecular weight excluding hydrogens is 276 g/mol. The molecule has 1 aliphatic heterocycles. The molecule has 1 aliphatic carbocycles. The lowest BCUT2D eigenvalue weighted by Crippen LogP contribution is -2.43. The summed E-state index contributed by atoms with van der Waals surface area (Å²) in [4.78, 5) is 14.3. The van der Waals surface area contributed by atoms with Crippen LogP contribution in [0.2, 0.25) is 0 Å². The molecule has 0 radical (unpaired) electrons. The highest BCUT2D eigenvalue weighted by Crippen LogP contribution is 2.34. The van der Waals surface area contributed by atoms with E-state index in [4.69, 9.17) is 5.73 Å². The van der Waals surface area contributed by atoms with Crippen LogP contribution in [-0.4, -0.2) is 40.6 Å². The van der Waals surface area contributed by atoms with E-state index in [1.54, 1.807) is 0 Å². The van der Waals surface area contributed by atoms with Crippen LogP contribution in [0, 0.1) is 5.92 Å². The molecule has 1 aromatic rings. The number of nitrogens with zero attached hydrogens (tertiary/aromatic N) is 2. The van der Waals surface area contributed by atoms with E-state index < -0.39 is 0 Å². The maximum atomic E-state index is 12.3. The largest absolute Gasteiger partial charge is 0.391 e. The third-order valence-electron chi connectivity index (χ3n) is 4.05. The second-order valence-electron chi connectivity index (χ2n) is 5.78. The zero-order valence-corrected chi connectivity index (χ0v) is 12.3. The molecule has 0 bridgehead atoms. The first-order chi connectivity index (χ1) is 9.56. The number of rotatable bonds is 3. The normalized spacial score (nSPS) is 26.6. The Morgan fingerprint density at radius 3 is 2.90 bits per heavy atom. The minimum absolute atomic E-state index is 0.137. The molecule has 1 amide bonds. The SMILES string of the molecule is CC1CCN(c2snc(N)c2C(=O)NC2CC2)CC1O. The zero-order valence-electron chi connectivity index (χ0n) is 11.5. The van der Waals surface area contributed by atoms with Crippen molar-refractivity contribution in [2.24, 2.45) is 5.92 Å². The molecule has 2 atom stereocenters. The first-order valence-corrected chi connectivity index (χ1v) is 7.82. The van der Waals surface area contributed by atoms with E-state index in [2.05, 4.69) is 9.69 Å². The lowest BCUT2D eigenvalue weighted by atomic mass is 9.96. The number of carbonyl (C=O) groups excluding carboxylic acids is 1. The molecule has 2 fully saturated rings. The molecule has 2 aliphatic rings. The molecule has 0 spiro atoms. The number of hydrogen-bond donors (Lipinski definition) is 3. The predicted molar refractivity (Wildman–Crippen MR) is 79.0 cm³/mol. The van der Waals surface area contributed by atoms with Gasteiger partial charge in [-0.25, -0.2) is 0 Å². The van der Waals surface area contributed by atoms with Gasteiger partial charge < -0.3 is 21.1 Å². The van der Waals surface area contributed by atoms with Gasteiger partial charge in [0.05, 0.1) is 6.10 Å². The molecule has 3 rings (SSSR count). The first kappa shape index (κ1) is 13.6. The monoisotopic (exact) mass is 296 g/mol. The van der Waals surface area contributed by atoms with E-state index in [0.717, 1.165) is 30.8 Å².